The highest BCUT2D eigenvalue weighted by Gasteiger charge is 2.14. The molecule has 122 valence electrons. The Kier molecular flexibility index (Phi) is 4.87. The van der Waals surface area contributed by atoms with Gasteiger partial charge in [-0.05, 0) is 61.6 Å². The van der Waals surface area contributed by atoms with Crippen LogP contribution in [0, 0.1) is 6.92 Å². The molecular formula is C20H26N2O. The molecule has 1 aliphatic heterocycles. The van der Waals surface area contributed by atoms with Gasteiger partial charge in [-0.1, -0.05) is 24.3 Å². The molecule has 1 saturated heterocycles. The van der Waals surface area contributed by atoms with Crippen LogP contribution in [0.5, 0.6) is 0 Å². The van der Waals surface area contributed by atoms with Crippen molar-refractivity contribution in [2.75, 3.05) is 23.3 Å². The molecule has 0 saturated carbocycles. The first kappa shape index (κ1) is 15.9. The average molecular weight is 310 g/mol. The van der Waals surface area contributed by atoms with Gasteiger partial charge >= 0.3 is 0 Å². The van der Waals surface area contributed by atoms with Crippen molar-refractivity contribution in [1.82, 2.24) is 0 Å². The molecule has 0 spiro atoms. The maximum atomic E-state index is 9.29. The second-order valence-electron chi connectivity index (χ2n) is 6.46. The quantitative estimate of drug-likeness (QED) is 0.866. The Hall–Kier alpha value is -2.00. The minimum Gasteiger partial charge on any atom is -0.392 e. The van der Waals surface area contributed by atoms with E-state index in [4.69, 9.17) is 0 Å². The summed E-state index contributed by atoms with van der Waals surface area (Å²) in [7, 11) is 0. The van der Waals surface area contributed by atoms with E-state index in [1.807, 2.05) is 12.1 Å². The second-order valence-corrected chi connectivity index (χ2v) is 6.46. The summed E-state index contributed by atoms with van der Waals surface area (Å²) in [4.78, 5) is 2.46. The highest BCUT2D eigenvalue weighted by molar-refractivity contribution is 5.61. The van der Waals surface area contributed by atoms with Crippen molar-refractivity contribution in [1.29, 1.82) is 0 Å². The van der Waals surface area contributed by atoms with Gasteiger partial charge in [-0.2, -0.15) is 0 Å². The van der Waals surface area contributed by atoms with Crippen molar-refractivity contribution in [2.45, 2.75) is 39.3 Å². The van der Waals surface area contributed by atoms with Gasteiger partial charge in [0.2, 0.25) is 0 Å². The lowest BCUT2D eigenvalue weighted by molar-refractivity contribution is 0.281. The van der Waals surface area contributed by atoms with Gasteiger partial charge in [0, 0.05) is 30.5 Å². The van der Waals surface area contributed by atoms with Gasteiger partial charge in [0.15, 0.2) is 0 Å². The first-order chi connectivity index (χ1) is 11.2. The molecule has 1 unspecified atom stereocenters. The van der Waals surface area contributed by atoms with E-state index in [1.165, 1.54) is 48.4 Å². The normalized spacial score (nSPS) is 15.7. The minimum atomic E-state index is 0.0874. The third kappa shape index (κ3) is 3.67. The van der Waals surface area contributed by atoms with E-state index >= 15 is 0 Å². The molecule has 23 heavy (non-hydrogen) atoms. The Morgan fingerprint density at radius 1 is 1.13 bits per heavy atom. The van der Waals surface area contributed by atoms with E-state index in [9.17, 15) is 5.11 Å². The van der Waals surface area contributed by atoms with Gasteiger partial charge in [-0.15, -0.1) is 0 Å². The summed E-state index contributed by atoms with van der Waals surface area (Å²) in [6, 6.07) is 15.0. The van der Waals surface area contributed by atoms with E-state index in [0.717, 1.165) is 5.56 Å². The number of hydrogen-bond donors (Lipinski definition) is 2. The fraction of sp³-hybridized carbons (Fsp3) is 0.400. The molecule has 2 aromatic rings. The topological polar surface area (TPSA) is 35.5 Å². The van der Waals surface area contributed by atoms with Gasteiger partial charge in [0.05, 0.1) is 6.61 Å². The van der Waals surface area contributed by atoms with Gasteiger partial charge < -0.3 is 15.3 Å². The molecule has 0 bridgehead atoms. The van der Waals surface area contributed by atoms with E-state index in [0.29, 0.717) is 0 Å². The van der Waals surface area contributed by atoms with Crippen molar-refractivity contribution >= 4 is 11.4 Å². The van der Waals surface area contributed by atoms with Crippen LogP contribution in [-0.4, -0.2) is 18.2 Å². The number of nitrogens with one attached hydrogen (secondary N) is 1. The molecule has 0 aromatic heterocycles. The molecule has 1 aliphatic rings. The lowest BCUT2D eigenvalue weighted by Crippen LogP contribution is -2.17. The number of anilines is 2. The third-order valence-electron chi connectivity index (χ3n) is 4.69. The fourth-order valence-corrected chi connectivity index (χ4v) is 3.26. The Labute approximate surface area is 139 Å². The van der Waals surface area contributed by atoms with Crippen molar-refractivity contribution in [3.05, 3.63) is 59.2 Å². The standard InChI is InChI=1S/C20H26N2O/c1-15-12-19(22-10-3-4-11-22)8-9-20(15)21-16(2)18-7-5-6-17(13-18)14-23/h5-9,12-13,16,21,23H,3-4,10-11,14H2,1-2H3. The molecule has 3 nitrogen and oxygen atoms in total. The molecule has 3 heteroatoms. The maximum absolute atomic E-state index is 9.29. The van der Waals surface area contributed by atoms with Crippen LogP contribution in [0.15, 0.2) is 42.5 Å². The summed E-state index contributed by atoms with van der Waals surface area (Å²) in [5, 5.41) is 12.9. The summed E-state index contributed by atoms with van der Waals surface area (Å²) in [6.07, 6.45) is 2.61. The zero-order chi connectivity index (χ0) is 16.2. The van der Waals surface area contributed by atoms with Crippen LogP contribution in [0.25, 0.3) is 0 Å². The Balaban J connectivity index is 1.73. The smallest absolute Gasteiger partial charge is 0.0681 e. The molecule has 3 rings (SSSR count). The number of aryl methyl sites for hydroxylation is 1. The van der Waals surface area contributed by atoms with Crippen LogP contribution in [0.1, 0.15) is 42.5 Å². The van der Waals surface area contributed by atoms with Crippen LogP contribution in [0.4, 0.5) is 11.4 Å². The third-order valence-corrected chi connectivity index (χ3v) is 4.69. The minimum absolute atomic E-state index is 0.0874. The predicted molar refractivity (Wildman–Crippen MR) is 97.0 cm³/mol. The largest absolute Gasteiger partial charge is 0.392 e. The molecule has 1 heterocycles. The van der Waals surface area contributed by atoms with Crippen LogP contribution in [0.3, 0.4) is 0 Å². The highest BCUT2D eigenvalue weighted by Crippen LogP contribution is 2.28. The zero-order valence-electron chi connectivity index (χ0n) is 14.0. The molecule has 0 aliphatic carbocycles. The monoisotopic (exact) mass is 310 g/mol. The Morgan fingerprint density at radius 2 is 1.91 bits per heavy atom. The predicted octanol–water partition coefficient (Wildman–Crippen LogP) is 4.26. The number of aliphatic hydroxyl groups excluding tert-OH is 1. The van der Waals surface area contributed by atoms with Crippen molar-refractivity contribution in [3.63, 3.8) is 0 Å². The van der Waals surface area contributed by atoms with E-state index in [-0.39, 0.29) is 12.6 Å². The lowest BCUT2D eigenvalue weighted by Gasteiger charge is -2.22. The van der Waals surface area contributed by atoms with Gasteiger partial charge in [0.1, 0.15) is 0 Å². The number of nitrogens with zero attached hydrogens (tertiary/aromatic N) is 1. The SMILES string of the molecule is Cc1cc(N2CCCC2)ccc1NC(C)c1cccc(CO)c1. The van der Waals surface area contributed by atoms with E-state index in [1.54, 1.807) is 0 Å². The van der Waals surface area contributed by atoms with E-state index < -0.39 is 0 Å². The molecule has 1 atom stereocenters. The summed E-state index contributed by atoms with van der Waals surface area (Å²) < 4.78 is 0. The number of rotatable bonds is 5. The first-order valence-corrected chi connectivity index (χ1v) is 8.49. The summed E-state index contributed by atoms with van der Waals surface area (Å²) in [5.74, 6) is 0. The Bertz CT molecular complexity index is 662. The molecule has 0 radical (unpaired) electrons. The van der Waals surface area contributed by atoms with Crippen molar-refractivity contribution < 1.29 is 5.11 Å². The number of benzene rings is 2. The van der Waals surface area contributed by atoms with E-state index in [2.05, 4.69) is 54.4 Å². The summed E-state index contributed by atoms with van der Waals surface area (Å²) in [6.45, 7) is 6.76. The fourth-order valence-electron chi connectivity index (χ4n) is 3.26. The molecule has 2 aromatic carbocycles. The van der Waals surface area contributed by atoms with Crippen molar-refractivity contribution in [3.8, 4) is 0 Å². The van der Waals surface area contributed by atoms with Gasteiger partial charge in [-0.3, -0.25) is 0 Å². The number of hydrogen-bond acceptors (Lipinski definition) is 3. The maximum Gasteiger partial charge on any atom is 0.0681 e. The van der Waals surface area contributed by atoms with Crippen molar-refractivity contribution in [2.24, 2.45) is 0 Å². The van der Waals surface area contributed by atoms with Gasteiger partial charge in [0.25, 0.3) is 0 Å². The lowest BCUT2D eigenvalue weighted by atomic mass is 10.0. The van der Waals surface area contributed by atoms with Gasteiger partial charge in [-0.25, -0.2) is 0 Å². The summed E-state index contributed by atoms with van der Waals surface area (Å²) >= 11 is 0. The highest BCUT2D eigenvalue weighted by atomic mass is 16.3. The van der Waals surface area contributed by atoms with Crippen LogP contribution in [-0.2, 0) is 6.61 Å². The second kappa shape index (κ2) is 7.05. The molecule has 2 N–H and O–H groups in total. The zero-order valence-corrected chi connectivity index (χ0v) is 14.0. The molecular weight excluding hydrogens is 284 g/mol. The summed E-state index contributed by atoms with van der Waals surface area (Å²) in [5.41, 5.74) is 5.94. The molecule has 0 amide bonds. The average Bonchev–Trinajstić information content (AvgIpc) is 3.11. The number of aliphatic hydroxyl groups is 1. The first-order valence-electron chi connectivity index (χ1n) is 8.49. The Morgan fingerprint density at radius 3 is 2.61 bits per heavy atom. The molecule has 1 fully saturated rings. The van der Waals surface area contributed by atoms with Crippen LogP contribution < -0.4 is 10.2 Å². The van der Waals surface area contributed by atoms with Crippen LogP contribution >= 0.6 is 0 Å². The van der Waals surface area contributed by atoms with Crippen LogP contribution in [0.2, 0.25) is 0 Å².